The van der Waals surface area contributed by atoms with Gasteiger partial charge in [-0.25, -0.2) is 13.8 Å². The molecule has 8 nitrogen and oxygen atoms in total. The summed E-state index contributed by atoms with van der Waals surface area (Å²) in [5.41, 5.74) is 3.89. The van der Waals surface area contributed by atoms with E-state index in [0.29, 0.717) is 33.3 Å². The van der Waals surface area contributed by atoms with Gasteiger partial charge in [0.25, 0.3) is 15.9 Å². The molecule has 10 heteroatoms. The molecule has 0 saturated carbocycles. The molecular formula is C24H24ClN3O5S. The summed E-state index contributed by atoms with van der Waals surface area (Å²) in [6.07, 6.45) is 1.39. The number of carbonyl (C=O) groups excluding carboxylic acids is 1. The molecule has 0 spiro atoms. The summed E-state index contributed by atoms with van der Waals surface area (Å²) in [6.45, 7) is 1.23. The van der Waals surface area contributed by atoms with Gasteiger partial charge >= 0.3 is 0 Å². The van der Waals surface area contributed by atoms with Gasteiger partial charge in [0.2, 0.25) is 0 Å². The third-order valence-electron chi connectivity index (χ3n) is 4.87. The lowest BCUT2D eigenvalue weighted by Gasteiger charge is -2.25. The van der Waals surface area contributed by atoms with Crippen LogP contribution in [0, 0.1) is 6.92 Å². The number of carbonyl (C=O) groups is 1. The van der Waals surface area contributed by atoms with Crippen LogP contribution in [0.3, 0.4) is 0 Å². The van der Waals surface area contributed by atoms with E-state index in [9.17, 15) is 13.2 Å². The van der Waals surface area contributed by atoms with Crippen molar-refractivity contribution in [3.63, 3.8) is 0 Å². The average Bonchev–Trinajstić information content (AvgIpc) is 2.83. The van der Waals surface area contributed by atoms with Crippen molar-refractivity contribution in [3.05, 3.63) is 82.9 Å². The lowest BCUT2D eigenvalue weighted by molar-refractivity contribution is -0.119. The Morgan fingerprint density at radius 2 is 1.79 bits per heavy atom. The Balaban J connectivity index is 1.87. The van der Waals surface area contributed by atoms with Crippen LogP contribution in [0.4, 0.5) is 5.69 Å². The molecule has 0 aromatic heterocycles. The normalized spacial score (nSPS) is 11.3. The van der Waals surface area contributed by atoms with Crippen LogP contribution in [-0.4, -0.2) is 41.3 Å². The predicted molar refractivity (Wildman–Crippen MR) is 132 cm³/mol. The van der Waals surface area contributed by atoms with E-state index >= 15 is 0 Å². The second kappa shape index (κ2) is 11.0. The Bertz CT molecular complexity index is 1300. The van der Waals surface area contributed by atoms with Gasteiger partial charge in [-0.2, -0.15) is 5.10 Å². The van der Waals surface area contributed by atoms with Crippen LogP contribution in [0.1, 0.15) is 11.1 Å². The van der Waals surface area contributed by atoms with Crippen molar-refractivity contribution < 1.29 is 22.7 Å². The molecule has 1 amide bonds. The molecule has 0 radical (unpaired) electrons. The minimum atomic E-state index is -4.04. The maximum Gasteiger partial charge on any atom is 0.264 e. The number of para-hydroxylation sites is 1. The number of halogens is 1. The first-order valence-electron chi connectivity index (χ1n) is 10.1. The topological polar surface area (TPSA) is 97.3 Å². The van der Waals surface area contributed by atoms with E-state index < -0.39 is 22.5 Å². The first-order chi connectivity index (χ1) is 16.3. The molecule has 1 N–H and O–H groups in total. The summed E-state index contributed by atoms with van der Waals surface area (Å²) in [4.78, 5) is 12.8. The van der Waals surface area contributed by atoms with Crippen LogP contribution >= 0.6 is 11.6 Å². The van der Waals surface area contributed by atoms with Crippen molar-refractivity contribution >= 4 is 39.4 Å². The van der Waals surface area contributed by atoms with Crippen molar-refractivity contribution in [3.8, 4) is 11.5 Å². The molecule has 3 rings (SSSR count). The monoisotopic (exact) mass is 501 g/mol. The fourth-order valence-electron chi connectivity index (χ4n) is 3.27. The number of rotatable bonds is 9. The third-order valence-corrected chi connectivity index (χ3v) is 6.88. The molecular weight excluding hydrogens is 478 g/mol. The molecule has 0 aliphatic carbocycles. The summed E-state index contributed by atoms with van der Waals surface area (Å²) in [6, 6.07) is 17.9. The quantitative estimate of drug-likeness (QED) is 0.353. The van der Waals surface area contributed by atoms with Crippen LogP contribution in [0.25, 0.3) is 0 Å². The predicted octanol–water partition coefficient (Wildman–Crippen LogP) is 4.01. The van der Waals surface area contributed by atoms with Gasteiger partial charge in [-0.3, -0.25) is 9.10 Å². The van der Waals surface area contributed by atoms with Crippen LogP contribution in [0.15, 0.2) is 76.7 Å². The number of amides is 1. The highest BCUT2D eigenvalue weighted by atomic mass is 35.5. The molecule has 3 aromatic carbocycles. The molecule has 0 saturated heterocycles. The molecule has 0 aliphatic rings. The van der Waals surface area contributed by atoms with E-state index in [1.165, 1.54) is 32.6 Å². The van der Waals surface area contributed by atoms with Crippen molar-refractivity contribution in [2.24, 2.45) is 5.10 Å². The first-order valence-corrected chi connectivity index (χ1v) is 12.0. The summed E-state index contributed by atoms with van der Waals surface area (Å²) < 4.78 is 38.4. The van der Waals surface area contributed by atoms with Gasteiger partial charge in [0, 0.05) is 10.6 Å². The van der Waals surface area contributed by atoms with Gasteiger partial charge in [-0.1, -0.05) is 35.9 Å². The van der Waals surface area contributed by atoms with Crippen molar-refractivity contribution in [2.45, 2.75) is 11.8 Å². The zero-order chi connectivity index (χ0) is 24.7. The van der Waals surface area contributed by atoms with E-state index in [1.54, 1.807) is 61.5 Å². The number of hydrogen-bond acceptors (Lipinski definition) is 6. The number of sulfonamides is 1. The van der Waals surface area contributed by atoms with Crippen LogP contribution in [-0.2, 0) is 14.8 Å². The van der Waals surface area contributed by atoms with Gasteiger partial charge in [0.15, 0.2) is 11.5 Å². The van der Waals surface area contributed by atoms with Gasteiger partial charge in [-0.05, 0) is 55.0 Å². The van der Waals surface area contributed by atoms with Gasteiger partial charge in [0.1, 0.15) is 6.54 Å². The van der Waals surface area contributed by atoms with E-state index in [4.69, 9.17) is 21.1 Å². The summed E-state index contributed by atoms with van der Waals surface area (Å²) in [7, 11) is -1.03. The second-order valence-corrected chi connectivity index (χ2v) is 9.43. The average molecular weight is 502 g/mol. The number of nitrogens with zero attached hydrogens (tertiary/aromatic N) is 2. The standard InChI is InChI=1S/C24H24ClN3O5S/c1-17-14-19(25)12-13-21(17)28(34(30,31)20-9-5-4-6-10-20)16-23(29)27-26-15-18-8-7-11-22(32-2)24(18)33-3/h4-15H,16H2,1-3H3,(H,27,29)/b26-15-. The maximum absolute atomic E-state index is 13.4. The van der Waals surface area contributed by atoms with Crippen molar-refractivity contribution in [2.75, 3.05) is 25.1 Å². The van der Waals surface area contributed by atoms with E-state index in [0.717, 1.165) is 4.31 Å². The van der Waals surface area contributed by atoms with E-state index in [1.807, 2.05) is 0 Å². The smallest absolute Gasteiger partial charge is 0.264 e. The molecule has 34 heavy (non-hydrogen) atoms. The number of methoxy groups -OCH3 is 2. The van der Waals surface area contributed by atoms with Gasteiger partial charge < -0.3 is 9.47 Å². The second-order valence-electron chi connectivity index (χ2n) is 7.13. The summed E-state index contributed by atoms with van der Waals surface area (Å²) >= 11 is 6.05. The third kappa shape index (κ3) is 5.67. The number of nitrogens with one attached hydrogen (secondary N) is 1. The minimum Gasteiger partial charge on any atom is -0.493 e. The largest absolute Gasteiger partial charge is 0.493 e. The Hall–Kier alpha value is -3.56. The fraction of sp³-hybridized carbons (Fsp3) is 0.167. The fourth-order valence-corrected chi connectivity index (χ4v) is 5.00. The molecule has 0 fully saturated rings. The van der Waals surface area contributed by atoms with Crippen LogP contribution in [0.2, 0.25) is 5.02 Å². The Morgan fingerprint density at radius 1 is 1.06 bits per heavy atom. The highest BCUT2D eigenvalue weighted by molar-refractivity contribution is 7.92. The lowest BCUT2D eigenvalue weighted by atomic mass is 10.2. The van der Waals surface area contributed by atoms with Crippen LogP contribution in [0.5, 0.6) is 11.5 Å². The zero-order valence-electron chi connectivity index (χ0n) is 18.9. The molecule has 0 unspecified atom stereocenters. The van der Waals surface area contributed by atoms with Crippen LogP contribution < -0.4 is 19.2 Å². The van der Waals surface area contributed by atoms with E-state index in [-0.39, 0.29) is 4.90 Å². The molecule has 3 aromatic rings. The van der Waals surface area contributed by atoms with Crippen molar-refractivity contribution in [1.29, 1.82) is 0 Å². The molecule has 0 bridgehead atoms. The maximum atomic E-state index is 13.4. The lowest BCUT2D eigenvalue weighted by Crippen LogP contribution is -2.40. The Morgan fingerprint density at radius 3 is 2.44 bits per heavy atom. The Kier molecular flexibility index (Phi) is 8.14. The molecule has 0 heterocycles. The summed E-state index contributed by atoms with van der Waals surface area (Å²) in [5.74, 6) is 0.330. The number of hydrogen-bond donors (Lipinski definition) is 1. The Labute approximate surface area is 203 Å². The summed E-state index contributed by atoms with van der Waals surface area (Å²) in [5, 5.41) is 4.42. The number of ether oxygens (including phenoxy) is 2. The molecule has 0 atom stereocenters. The SMILES string of the molecule is COc1cccc(/C=N\NC(=O)CN(c2ccc(Cl)cc2C)S(=O)(=O)c2ccccc2)c1OC. The number of anilines is 1. The zero-order valence-corrected chi connectivity index (χ0v) is 20.4. The minimum absolute atomic E-state index is 0.0572. The van der Waals surface area contributed by atoms with Crippen molar-refractivity contribution in [1.82, 2.24) is 5.43 Å². The first kappa shape index (κ1) is 25.1. The number of hydrazone groups is 1. The highest BCUT2D eigenvalue weighted by Crippen LogP contribution is 2.30. The number of aryl methyl sites for hydroxylation is 1. The molecule has 0 aliphatic heterocycles. The highest BCUT2D eigenvalue weighted by Gasteiger charge is 2.28. The van der Waals surface area contributed by atoms with Gasteiger partial charge in [0.05, 0.1) is 31.0 Å². The van der Waals surface area contributed by atoms with Gasteiger partial charge in [-0.15, -0.1) is 0 Å². The van der Waals surface area contributed by atoms with E-state index in [2.05, 4.69) is 10.5 Å². The number of benzene rings is 3. The molecule has 178 valence electrons.